The predicted octanol–water partition coefficient (Wildman–Crippen LogP) is 7.55. The largest absolute Gasteiger partial charge is 0.465 e. The Morgan fingerprint density at radius 1 is 0.913 bits per heavy atom. The van der Waals surface area contributed by atoms with Gasteiger partial charge in [-0.25, -0.2) is 9.59 Å². The van der Waals surface area contributed by atoms with Crippen molar-refractivity contribution in [3.63, 3.8) is 0 Å². The van der Waals surface area contributed by atoms with E-state index in [1.54, 1.807) is 54.6 Å². The number of benzene rings is 4. The summed E-state index contributed by atoms with van der Waals surface area (Å²) < 4.78 is 10.4. The first-order chi connectivity index (χ1) is 22.2. The van der Waals surface area contributed by atoms with E-state index in [0.717, 1.165) is 5.56 Å². The number of fused-ring (bicyclic) bond motifs is 3. The molecule has 1 aliphatic heterocycles. The fraction of sp³-hybridized carbons (Fsp3) is 0.212. The third-order valence-corrected chi connectivity index (χ3v) is 10.4. The first-order valence-electron chi connectivity index (χ1n) is 14.2. The number of halogens is 1. The van der Waals surface area contributed by atoms with E-state index >= 15 is 0 Å². The van der Waals surface area contributed by atoms with E-state index in [0.29, 0.717) is 22.6 Å². The molecular weight excluding hydrogens is 634 g/mol. The van der Waals surface area contributed by atoms with Gasteiger partial charge < -0.3 is 14.8 Å². The molecule has 1 saturated carbocycles. The maximum absolute atomic E-state index is 13.4. The molecule has 4 aromatic rings. The molecular formula is C33H26ClN3O8S. The number of nitro groups is 2. The lowest BCUT2D eigenvalue weighted by Crippen LogP contribution is -2.31. The summed E-state index contributed by atoms with van der Waals surface area (Å²) in [5.41, 5.74) is 2.43. The number of ether oxygens (including phenoxy) is 2. The Morgan fingerprint density at radius 3 is 2.43 bits per heavy atom. The van der Waals surface area contributed by atoms with E-state index in [1.807, 2.05) is 6.07 Å². The highest BCUT2D eigenvalue weighted by Gasteiger charge is 2.50. The fourth-order valence-corrected chi connectivity index (χ4v) is 8.21. The van der Waals surface area contributed by atoms with Crippen molar-refractivity contribution < 1.29 is 28.9 Å². The van der Waals surface area contributed by atoms with Crippen LogP contribution in [0.3, 0.4) is 0 Å². The Kier molecular flexibility index (Phi) is 8.65. The van der Waals surface area contributed by atoms with Gasteiger partial charge in [0.1, 0.15) is 11.3 Å². The second kappa shape index (κ2) is 12.8. The molecule has 1 fully saturated rings. The summed E-state index contributed by atoms with van der Waals surface area (Å²) >= 11 is 8.57. The number of methoxy groups -OCH3 is 1. The van der Waals surface area contributed by atoms with Gasteiger partial charge in [-0.3, -0.25) is 20.2 Å². The van der Waals surface area contributed by atoms with Gasteiger partial charge in [0.2, 0.25) is 0 Å². The smallest absolute Gasteiger partial charge is 0.343 e. The minimum atomic E-state index is -0.688. The summed E-state index contributed by atoms with van der Waals surface area (Å²) in [5.74, 6) is -1.78. The molecule has 13 heteroatoms. The number of thioether (sulfide) groups is 1. The van der Waals surface area contributed by atoms with E-state index in [2.05, 4.69) is 5.32 Å². The fourth-order valence-electron chi connectivity index (χ4n) is 6.27. The van der Waals surface area contributed by atoms with Crippen LogP contribution in [0.5, 0.6) is 5.75 Å². The van der Waals surface area contributed by atoms with Crippen molar-refractivity contribution in [2.45, 2.75) is 33.9 Å². The molecule has 1 N–H and O–H groups in total. The Bertz CT molecular complexity index is 1870. The Balaban J connectivity index is 1.37. The van der Waals surface area contributed by atoms with Gasteiger partial charge in [0.15, 0.2) is 0 Å². The number of alkyl halides is 1. The molecule has 0 aromatic heterocycles. The summed E-state index contributed by atoms with van der Waals surface area (Å²) in [7, 11) is 1.24. The van der Waals surface area contributed by atoms with Gasteiger partial charge in [0, 0.05) is 35.1 Å². The van der Waals surface area contributed by atoms with Gasteiger partial charge in [-0.1, -0.05) is 36.4 Å². The third kappa shape index (κ3) is 5.88. The lowest BCUT2D eigenvalue weighted by Gasteiger charge is -2.38. The number of anilines is 1. The van der Waals surface area contributed by atoms with E-state index < -0.39 is 27.2 Å². The predicted molar refractivity (Wildman–Crippen MR) is 172 cm³/mol. The van der Waals surface area contributed by atoms with Gasteiger partial charge in [-0.15, -0.1) is 23.4 Å². The van der Waals surface area contributed by atoms with Crippen LogP contribution in [0.15, 0.2) is 95.9 Å². The highest BCUT2D eigenvalue weighted by atomic mass is 35.5. The number of carbonyl (C=O) groups excluding carboxylic acids is 2. The van der Waals surface area contributed by atoms with Crippen LogP contribution in [0, 0.1) is 26.1 Å². The molecule has 1 aliphatic carbocycles. The zero-order valence-electron chi connectivity index (χ0n) is 24.2. The van der Waals surface area contributed by atoms with Crippen molar-refractivity contribution in [1.29, 1.82) is 0 Å². The summed E-state index contributed by atoms with van der Waals surface area (Å²) in [4.78, 5) is 48.6. The minimum absolute atomic E-state index is 0.0164. The monoisotopic (exact) mass is 659 g/mol. The van der Waals surface area contributed by atoms with Crippen molar-refractivity contribution >= 4 is 52.4 Å². The highest BCUT2D eigenvalue weighted by molar-refractivity contribution is 8.00. The van der Waals surface area contributed by atoms with Crippen molar-refractivity contribution in [3.05, 3.63) is 133 Å². The van der Waals surface area contributed by atoms with Gasteiger partial charge in [-0.2, -0.15) is 0 Å². The average molecular weight is 660 g/mol. The van der Waals surface area contributed by atoms with Crippen LogP contribution in [-0.4, -0.2) is 39.5 Å². The maximum atomic E-state index is 13.4. The zero-order chi connectivity index (χ0) is 32.5. The second-order valence-corrected chi connectivity index (χ2v) is 12.7. The summed E-state index contributed by atoms with van der Waals surface area (Å²) in [6, 6.07) is 23.9. The van der Waals surface area contributed by atoms with Crippen molar-refractivity contribution in [3.8, 4) is 5.75 Å². The number of nitrogens with zero attached hydrogens (tertiary/aromatic N) is 2. The van der Waals surface area contributed by atoms with Crippen LogP contribution >= 0.6 is 23.4 Å². The zero-order valence-corrected chi connectivity index (χ0v) is 25.8. The molecule has 234 valence electrons. The van der Waals surface area contributed by atoms with Crippen LogP contribution in [0.25, 0.3) is 0 Å². The van der Waals surface area contributed by atoms with E-state index in [9.17, 15) is 29.8 Å². The average Bonchev–Trinajstić information content (AvgIpc) is 3.39. The maximum Gasteiger partial charge on any atom is 0.343 e. The molecule has 46 heavy (non-hydrogen) atoms. The number of esters is 2. The number of nitrogens with one attached hydrogen (secondary N) is 1. The second-order valence-electron chi connectivity index (χ2n) is 10.9. The number of non-ortho nitro benzene ring substituents is 1. The third-order valence-electron chi connectivity index (χ3n) is 8.32. The first kappa shape index (κ1) is 31.1. The molecule has 5 atom stereocenters. The number of hydrogen-bond donors (Lipinski definition) is 1. The molecule has 6 rings (SSSR count). The number of hydrogen-bond acceptors (Lipinski definition) is 10. The number of para-hydroxylation sites is 2. The topological polar surface area (TPSA) is 151 Å². The number of rotatable bonds is 8. The Hall–Kier alpha value is -4.94. The summed E-state index contributed by atoms with van der Waals surface area (Å²) in [6.07, 6.45) is 0.538. The van der Waals surface area contributed by atoms with Crippen molar-refractivity contribution in [2.75, 3.05) is 12.4 Å². The molecule has 11 nitrogen and oxygen atoms in total. The molecule has 0 bridgehead atoms. The summed E-state index contributed by atoms with van der Waals surface area (Å²) in [6.45, 7) is 0. The van der Waals surface area contributed by atoms with E-state index in [1.165, 1.54) is 49.2 Å². The van der Waals surface area contributed by atoms with Crippen LogP contribution in [0.2, 0.25) is 0 Å². The van der Waals surface area contributed by atoms with Crippen molar-refractivity contribution in [1.82, 2.24) is 0 Å². The number of nitro benzene ring substituents is 2. The minimum Gasteiger partial charge on any atom is -0.465 e. The summed E-state index contributed by atoms with van der Waals surface area (Å²) in [5, 5.41) is 26.1. The van der Waals surface area contributed by atoms with Gasteiger partial charge >= 0.3 is 11.9 Å². The van der Waals surface area contributed by atoms with Gasteiger partial charge in [-0.05, 0) is 59.9 Å². The number of carbonyl (C=O) groups is 2. The first-order valence-corrected chi connectivity index (χ1v) is 15.6. The quantitative estimate of drug-likeness (QED) is 0.0660. The highest BCUT2D eigenvalue weighted by Crippen LogP contribution is 2.58. The SMILES string of the molecule is COC(=O)c1ccccc1OC(=O)c1ccc2c(c1)[C@@H]1[C@H](Cl)[C@H](Sc3ccccc3[N+](=O)[O-])C[C@H]1[C@@H](c1cccc([N+](=O)[O-])c1)N2. The van der Waals surface area contributed by atoms with Crippen LogP contribution in [0.4, 0.5) is 17.1 Å². The van der Waals surface area contributed by atoms with Crippen LogP contribution in [-0.2, 0) is 4.74 Å². The Labute approximate surface area is 272 Å². The molecule has 0 amide bonds. The lowest BCUT2D eigenvalue weighted by atomic mass is 9.76. The van der Waals surface area contributed by atoms with Crippen molar-refractivity contribution in [2.24, 2.45) is 5.92 Å². The van der Waals surface area contributed by atoms with E-state index in [-0.39, 0.29) is 51.4 Å². The standard InChI is InChI=1S/C33H26ClN3O8S/c1-44-33(39)21-9-2-4-11-26(21)45-32(38)19-13-14-24-22(16-19)29-23(31(35-24)18-7-6-8-20(15-18)36(40)41)17-28(30(29)34)46-27-12-5-3-10-25(27)37(42)43/h2-16,23,28-31,35H,17H2,1H3/t23-,28-,29+,30-,31-/m1/s1. The van der Waals surface area contributed by atoms with Crippen LogP contribution in [0.1, 0.15) is 50.2 Å². The van der Waals surface area contributed by atoms with Gasteiger partial charge in [0.25, 0.3) is 11.4 Å². The molecule has 1 heterocycles. The normalized spacial score (nSPS) is 21.3. The molecule has 0 unspecified atom stereocenters. The van der Waals surface area contributed by atoms with Gasteiger partial charge in [0.05, 0.1) is 38.8 Å². The molecule has 2 aliphatic rings. The Morgan fingerprint density at radius 2 is 1.67 bits per heavy atom. The molecule has 0 radical (unpaired) electrons. The van der Waals surface area contributed by atoms with Crippen LogP contribution < -0.4 is 10.1 Å². The lowest BCUT2D eigenvalue weighted by molar-refractivity contribution is -0.387. The molecule has 0 saturated heterocycles. The molecule has 4 aromatic carbocycles. The molecule has 0 spiro atoms. The van der Waals surface area contributed by atoms with E-state index in [4.69, 9.17) is 21.1 Å².